The second-order valence-corrected chi connectivity index (χ2v) is 8.42. The molecule has 0 fully saturated rings. The Bertz CT molecular complexity index is 1410. The molecule has 0 atom stereocenters. The van der Waals surface area contributed by atoms with Gasteiger partial charge in [0.05, 0.1) is 5.69 Å². The first-order valence-electron chi connectivity index (χ1n) is 12.0. The average Bonchev–Trinajstić information content (AvgIpc) is 3.31. The summed E-state index contributed by atoms with van der Waals surface area (Å²) in [5.74, 6) is -1.35. The number of esters is 1. The fourth-order valence-electron chi connectivity index (χ4n) is 3.44. The summed E-state index contributed by atoms with van der Waals surface area (Å²) in [7, 11) is 0. The Morgan fingerprint density at radius 3 is 2.12 bits per heavy atom. The van der Waals surface area contributed by atoms with Crippen molar-refractivity contribution in [2.45, 2.75) is 51.5 Å². The first-order valence-corrected chi connectivity index (χ1v) is 12.0. The van der Waals surface area contributed by atoms with Crippen LogP contribution in [0.1, 0.15) is 25.2 Å². The van der Waals surface area contributed by atoms with Gasteiger partial charge in [0.1, 0.15) is 17.1 Å². The van der Waals surface area contributed by atoms with Crippen molar-refractivity contribution >= 4 is 16.9 Å². The van der Waals surface area contributed by atoms with Crippen molar-refractivity contribution in [3.05, 3.63) is 60.4 Å². The van der Waals surface area contributed by atoms with Crippen LogP contribution in [0.4, 0.5) is 35.1 Å². The molecule has 2 heterocycles. The van der Waals surface area contributed by atoms with Gasteiger partial charge in [-0.25, -0.2) is 19.0 Å². The summed E-state index contributed by atoms with van der Waals surface area (Å²) in [6, 6.07) is 9.13. The number of pyridine rings is 1. The van der Waals surface area contributed by atoms with Crippen LogP contribution < -0.4 is 4.74 Å². The van der Waals surface area contributed by atoms with Crippen molar-refractivity contribution in [3.8, 4) is 17.1 Å². The summed E-state index contributed by atoms with van der Waals surface area (Å²) < 4.78 is 132. The average molecular weight is 613 g/mol. The highest BCUT2D eigenvalue weighted by molar-refractivity contribution is 5.84. The van der Waals surface area contributed by atoms with E-state index in [4.69, 9.17) is 9.15 Å². The first-order chi connectivity index (χ1) is 19.5. The molecule has 16 heteroatoms. The number of nitrogens with zero attached hydrogens (tertiary/aromatic N) is 1. The molecular weight excluding hydrogens is 590 g/mol. The predicted molar refractivity (Wildman–Crippen MR) is 128 cm³/mol. The number of aromatic nitrogens is 1. The molecule has 0 N–H and O–H groups in total. The third-order valence-electron chi connectivity index (χ3n) is 5.22. The van der Waals surface area contributed by atoms with Crippen LogP contribution >= 0.6 is 0 Å². The number of carbonyl (C=O) groups is 1. The summed E-state index contributed by atoms with van der Waals surface area (Å²) in [5, 5.41) is 0.542. The Kier molecular flexibility index (Phi) is 9.85. The second kappa shape index (κ2) is 12.6. The van der Waals surface area contributed by atoms with E-state index in [-0.39, 0.29) is 11.3 Å². The zero-order valence-corrected chi connectivity index (χ0v) is 21.9. The maximum atomic E-state index is 14.0. The number of furan rings is 1. The van der Waals surface area contributed by atoms with Crippen molar-refractivity contribution in [2.75, 3.05) is 13.2 Å². The molecule has 0 bridgehead atoms. The number of carbonyl (C=O) groups excluding carboxylic acids is 1. The summed E-state index contributed by atoms with van der Waals surface area (Å²) in [4.78, 5) is 15.3. The number of aryl methyl sites for hydroxylation is 2. The molecule has 0 aliphatic heterocycles. The molecule has 0 aliphatic carbocycles. The molecule has 3 aromatic rings. The van der Waals surface area contributed by atoms with Crippen molar-refractivity contribution < 1.29 is 68.0 Å². The quantitative estimate of drug-likeness (QED) is 0.0779. The van der Waals surface area contributed by atoms with E-state index in [2.05, 4.69) is 30.5 Å². The van der Waals surface area contributed by atoms with Crippen LogP contribution in [0.5, 0.6) is 5.75 Å². The number of rotatable bonds is 15. The van der Waals surface area contributed by atoms with Crippen molar-refractivity contribution in [1.82, 2.24) is 4.98 Å². The van der Waals surface area contributed by atoms with Gasteiger partial charge >= 0.3 is 30.8 Å². The van der Waals surface area contributed by atoms with E-state index in [1.807, 2.05) is 26.0 Å². The number of alkyl halides is 8. The van der Waals surface area contributed by atoms with Crippen molar-refractivity contribution in [1.29, 1.82) is 0 Å². The first kappa shape index (κ1) is 32.8. The highest BCUT2D eigenvalue weighted by Gasteiger charge is 2.57. The molecular formula is C26H23F8NO7. The van der Waals surface area contributed by atoms with E-state index in [9.17, 15) is 39.9 Å². The molecule has 0 saturated heterocycles. The van der Waals surface area contributed by atoms with Crippen molar-refractivity contribution in [3.63, 3.8) is 0 Å². The van der Waals surface area contributed by atoms with E-state index < -0.39 is 44.0 Å². The smallest absolute Gasteiger partial charge is 0.484 e. The van der Waals surface area contributed by atoms with Gasteiger partial charge in [-0.05, 0) is 43.2 Å². The molecule has 0 radical (unpaired) electrons. The van der Waals surface area contributed by atoms with E-state index in [0.29, 0.717) is 29.2 Å². The van der Waals surface area contributed by atoms with E-state index >= 15 is 0 Å². The second-order valence-electron chi connectivity index (χ2n) is 8.42. The Balaban J connectivity index is 1.64. The van der Waals surface area contributed by atoms with Gasteiger partial charge < -0.3 is 13.9 Å². The molecule has 3 rings (SSSR count). The van der Waals surface area contributed by atoms with Gasteiger partial charge in [0.2, 0.25) is 0 Å². The standard InChI is InChI=1S/C26H23F8NO7/c1-4-16-8-10-18(19(5-2)35-16)21-11-15-7-9-17(12-20(15)39-21)37-13-23(27,28)40-25(31,32)42-26(33,34)41-24(29,30)14-38-22(36)6-3/h6-12H,3-5,13-14H2,1-2H3. The summed E-state index contributed by atoms with van der Waals surface area (Å²) in [6.07, 6.45) is -20.1. The van der Waals surface area contributed by atoms with Gasteiger partial charge in [-0.2, -0.15) is 17.6 Å². The normalized spacial score (nSPS) is 12.9. The van der Waals surface area contributed by atoms with E-state index in [0.717, 1.165) is 17.8 Å². The molecule has 0 amide bonds. The Morgan fingerprint density at radius 1 is 0.881 bits per heavy atom. The third-order valence-corrected chi connectivity index (χ3v) is 5.22. The topological polar surface area (TPSA) is 89.3 Å². The van der Waals surface area contributed by atoms with Crippen LogP contribution in [0.2, 0.25) is 0 Å². The van der Waals surface area contributed by atoms with Gasteiger partial charge in [0.15, 0.2) is 13.2 Å². The fourth-order valence-corrected chi connectivity index (χ4v) is 3.44. The van der Waals surface area contributed by atoms with Crippen LogP contribution in [0.25, 0.3) is 22.3 Å². The Hall–Kier alpha value is -3.76. The fraction of sp³-hybridized carbons (Fsp3) is 0.385. The lowest BCUT2D eigenvalue weighted by atomic mass is 10.1. The molecule has 42 heavy (non-hydrogen) atoms. The third kappa shape index (κ3) is 9.12. The predicted octanol–water partition coefficient (Wildman–Crippen LogP) is 7.06. The lowest BCUT2D eigenvalue weighted by molar-refractivity contribution is -0.574. The highest BCUT2D eigenvalue weighted by atomic mass is 19.3. The van der Waals surface area contributed by atoms with Crippen LogP contribution in [-0.2, 0) is 36.6 Å². The minimum atomic E-state index is -5.88. The lowest BCUT2D eigenvalue weighted by Gasteiger charge is -2.27. The number of ether oxygens (including phenoxy) is 5. The largest absolute Gasteiger partial charge is 0.496 e. The molecule has 0 spiro atoms. The van der Waals surface area contributed by atoms with Crippen LogP contribution in [-0.4, -0.2) is 49.0 Å². The zero-order chi connectivity index (χ0) is 31.3. The molecule has 230 valence electrons. The van der Waals surface area contributed by atoms with Gasteiger partial charge in [0, 0.05) is 28.8 Å². The number of fused-ring (bicyclic) bond motifs is 1. The lowest BCUT2D eigenvalue weighted by Crippen LogP contribution is -2.46. The summed E-state index contributed by atoms with van der Waals surface area (Å²) in [6.45, 7) is 2.62. The molecule has 0 saturated carbocycles. The molecule has 2 aromatic heterocycles. The van der Waals surface area contributed by atoms with E-state index in [1.165, 1.54) is 18.2 Å². The summed E-state index contributed by atoms with van der Waals surface area (Å²) >= 11 is 0. The van der Waals surface area contributed by atoms with Gasteiger partial charge in [-0.1, -0.05) is 20.4 Å². The Morgan fingerprint density at radius 2 is 1.52 bits per heavy atom. The zero-order valence-electron chi connectivity index (χ0n) is 21.9. The summed E-state index contributed by atoms with van der Waals surface area (Å²) in [5.41, 5.74) is 2.52. The Labute approximate surface area is 232 Å². The van der Waals surface area contributed by atoms with E-state index in [1.54, 1.807) is 6.07 Å². The molecule has 1 aromatic carbocycles. The number of halogens is 8. The van der Waals surface area contributed by atoms with Gasteiger partial charge in [0.25, 0.3) is 0 Å². The highest BCUT2D eigenvalue weighted by Crippen LogP contribution is 2.37. The van der Waals surface area contributed by atoms with Crippen LogP contribution in [0.15, 0.2) is 53.5 Å². The van der Waals surface area contributed by atoms with Gasteiger partial charge in [-0.15, -0.1) is 17.6 Å². The SMILES string of the molecule is C=CC(=O)OCC(F)(F)OC(F)(F)OC(F)(F)OC(F)(F)COc1ccc2cc(-c3ccc(CC)nc3CC)oc2c1. The number of benzene rings is 1. The van der Waals surface area contributed by atoms with Crippen LogP contribution in [0, 0.1) is 0 Å². The molecule has 8 nitrogen and oxygen atoms in total. The molecule has 0 aliphatic rings. The number of hydrogen-bond acceptors (Lipinski definition) is 8. The molecule has 0 unspecified atom stereocenters. The van der Waals surface area contributed by atoms with Crippen molar-refractivity contribution in [2.24, 2.45) is 0 Å². The number of hydrogen-bond donors (Lipinski definition) is 0. The maximum absolute atomic E-state index is 14.0. The minimum absolute atomic E-state index is 0.179. The minimum Gasteiger partial charge on any atom is -0.484 e. The van der Waals surface area contributed by atoms with Gasteiger partial charge in [-0.3, -0.25) is 4.98 Å². The maximum Gasteiger partial charge on any atom is 0.496 e. The van der Waals surface area contributed by atoms with Crippen LogP contribution in [0.3, 0.4) is 0 Å². The monoisotopic (exact) mass is 613 g/mol.